The fourth-order valence-corrected chi connectivity index (χ4v) is 3.10. The number of aromatic nitrogens is 1. The lowest BCUT2D eigenvalue weighted by Gasteiger charge is -2.20. The number of rotatable bonds is 4. The van der Waals surface area contributed by atoms with Gasteiger partial charge < -0.3 is 5.32 Å². The maximum atomic E-state index is 12.6. The third kappa shape index (κ3) is 2.80. The van der Waals surface area contributed by atoms with Crippen molar-refractivity contribution < 1.29 is 8.42 Å². The summed E-state index contributed by atoms with van der Waals surface area (Å²) in [6, 6.07) is 11.6. The van der Waals surface area contributed by atoms with E-state index in [0.29, 0.717) is 16.9 Å². The first-order chi connectivity index (χ1) is 10.0. The van der Waals surface area contributed by atoms with Gasteiger partial charge in [-0.3, -0.25) is 4.31 Å². The van der Waals surface area contributed by atoms with E-state index in [1.54, 1.807) is 43.4 Å². The lowest BCUT2D eigenvalue weighted by atomic mass is 10.2. The van der Waals surface area contributed by atoms with Crippen molar-refractivity contribution in [1.82, 2.24) is 4.98 Å². The van der Waals surface area contributed by atoms with Crippen LogP contribution in [-0.2, 0) is 10.0 Å². The molecule has 0 saturated heterocycles. The molecule has 0 atom stereocenters. The number of nitrogens with zero attached hydrogens (tertiary/aromatic N) is 3. The van der Waals surface area contributed by atoms with Gasteiger partial charge in [0.1, 0.15) is 0 Å². The molecule has 0 bridgehead atoms. The molecule has 1 aromatic heterocycles. The van der Waals surface area contributed by atoms with Crippen molar-refractivity contribution in [3.63, 3.8) is 0 Å². The van der Waals surface area contributed by atoms with Gasteiger partial charge in [0.05, 0.1) is 23.0 Å². The lowest BCUT2D eigenvalue weighted by molar-refractivity contribution is 0.591. The molecule has 2 aromatic rings. The number of pyridine rings is 1. The molecule has 6 nitrogen and oxygen atoms in total. The molecule has 1 N–H and O–H groups in total. The number of nitrogens with one attached hydrogen (secondary N) is 1. The highest BCUT2D eigenvalue weighted by Crippen LogP contribution is 2.25. The molecule has 0 amide bonds. The van der Waals surface area contributed by atoms with E-state index in [4.69, 9.17) is 5.26 Å². The Bertz CT molecular complexity index is 779. The predicted molar refractivity (Wildman–Crippen MR) is 80.5 cm³/mol. The van der Waals surface area contributed by atoms with E-state index < -0.39 is 10.0 Å². The molecule has 0 spiro atoms. The normalized spacial score (nSPS) is 10.7. The van der Waals surface area contributed by atoms with Crippen molar-refractivity contribution in [1.29, 1.82) is 5.26 Å². The summed E-state index contributed by atoms with van der Waals surface area (Å²) in [4.78, 5) is 3.96. The van der Waals surface area contributed by atoms with E-state index in [0.717, 1.165) is 4.31 Å². The molecule has 0 fully saturated rings. The number of anilines is 2. The third-order valence-corrected chi connectivity index (χ3v) is 4.75. The van der Waals surface area contributed by atoms with Gasteiger partial charge in [-0.1, -0.05) is 0 Å². The average Bonchev–Trinajstić information content (AvgIpc) is 2.54. The van der Waals surface area contributed by atoms with Crippen LogP contribution in [0.25, 0.3) is 0 Å². The Morgan fingerprint density at radius 3 is 2.48 bits per heavy atom. The minimum Gasteiger partial charge on any atom is -0.386 e. The zero-order valence-corrected chi connectivity index (χ0v) is 12.4. The molecule has 7 heteroatoms. The van der Waals surface area contributed by atoms with E-state index in [-0.39, 0.29) is 5.03 Å². The summed E-state index contributed by atoms with van der Waals surface area (Å²) < 4.78 is 26.4. The number of benzene rings is 1. The standard InChI is InChI=1S/C14H14N4O2S/c1-16-13-4-3-9-17-14(13)21(19,20)18(2)12-7-5-11(10-15)6-8-12/h3-9,16H,1-2H3. The smallest absolute Gasteiger partial charge is 0.283 e. The molecule has 1 heterocycles. The van der Waals surface area contributed by atoms with Gasteiger partial charge in [-0.2, -0.15) is 13.7 Å². The average molecular weight is 302 g/mol. The summed E-state index contributed by atoms with van der Waals surface area (Å²) in [7, 11) is -0.692. The van der Waals surface area contributed by atoms with E-state index in [9.17, 15) is 8.42 Å². The van der Waals surface area contributed by atoms with Crippen LogP contribution in [-0.4, -0.2) is 27.5 Å². The van der Waals surface area contributed by atoms with Crippen LogP contribution in [0.1, 0.15) is 5.56 Å². The second-order valence-electron chi connectivity index (χ2n) is 4.24. The van der Waals surface area contributed by atoms with Gasteiger partial charge >= 0.3 is 0 Å². The molecule has 0 radical (unpaired) electrons. The largest absolute Gasteiger partial charge is 0.386 e. The van der Waals surface area contributed by atoms with Gasteiger partial charge in [0, 0.05) is 20.3 Å². The number of nitriles is 1. The Labute approximate surface area is 123 Å². The topological polar surface area (TPSA) is 86.1 Å². The highest BCUT2D eigenvalue weighted by Gasteiger charge is 2.25. The Hall–Kier alpha value is -2.59. The van der Waals surface area contributed by atoms with Crippen molar-refractivity contribution in [3.8, 4) is 6.07 Å². The molecule has 0 aliphatic rings. The van der Waals surface area contributed by atoms with Crippen LogP contribution in [0, 0.1) is 11.3 Å². The molecule has 0 unspecified atom stereocenters. The first-order valence-corrected chi connectivity index (χ1v) is 7.56. The number of hydrogen-bond donors (Lipinski definition) is 1. The predicted octanol–water partition coefficient (Wildman–Crippen LogP) is 1.82. The van der Waals surface area contributed by atoms with E-state index in [1.165, 1.54) is 13.2 Å². The Morgan fingerprint density at radius 1 is 1.24 bits per heavy atom. The second-order valence-corrected chi connectivity index (χ2v) is 6.12. The van der Waals surface area contributed by atoms with Gasteiger partial charge in [-0.25, -0.2) is 4.98 Å². The van der Waals surface area contributed by atoms with Crippen LogP contribution >= 0.6 is 0 Å². The summed E-state index contributed by atoms with van der Waals surface area (Å²) in [6.07, 6.45) is 1.43. The van der Waals surface area contributed by atoms with Gasteiger partial charge in [0.2, 0.25) is 0 Å². The maximum Gasteiger partial charge on any atom is 0.283 e. The van der Waals surface area contributed by atoms with Crippen molar-refractivity contribution in [2.24, 2.45) is 0 Å². The van der Waals surface area contributed by atoms with Crippen LogP contribution in [0.3, 0.4) is 0 Å². The Kier molecular flexibility index (Phi) is 4.10. The molecule has 0 saturated carbocycles. The Morgan fingerprint density at radius 2 is 1.90 bits per heavy atom. The quantitative estimate of drug-likeness (QED) is 0.931. The highest BCUT2D eigenvalue weighted by atomic mass is 32.2. The molecular weight excluding hydrogens is 288 g/mol. The van der Waals surface area contributed by atoms with Crippen LogP contribution in [0.4, 0.5) is 11.4 Å². The molecule has 1 aromatic carbocycles. The fraction of sp³-hybridized carbons (Fsp3) is 0.143. The highest BCUT2D eigenvalue weighted by molar-refractivity contribution is 7.92. The Balaban J connectivity index is 2.45. The van der Waals surface area contributed by atoms with Crippen LogP contribution in [0.2, 0.25) is 0 Å². The first kappa shape index (κ1) is 14.8. The summed E-state index contributed by atoms with van der Waals surface area (Å²) in [5, 5.41) is 11.5. The maximum absolute atomic E-state index is 12.6. The third-order valence-electron chi connectivity index (χ3n) is 3.01. The van der Waals surface area contributed by atoms with Crippen LogP contribution in [0.5, 0.6) is 0 Å². The van der Waals surface area contributed by atoms with Gasteiger partial charge in [0.15, 0.2) is 5.03 Å². The molecule has 0 aliphatic carbocycles. The van der Waals surface area contributed by atoms with E-state index in [1.807, 2.05) is 6.07 Å². The molecule has 21 heavy (non-hydrogen) atoms. The van der Waals surface area contributed by atoms with E-state index >= 15 is 0 Å². The minimum atomic E-state index is -3.78. The van der Waals surface area contributed by atoms with Crippen LogP contribution < -0.4 is 9.62 Å². The summed E-state index contributed by atoms with van der Waals surface area (Å²) >= 11 is 0. The zero-order chi connectivity index (χ0) is 15.5. The number of sulfonamides is 1. The monoisotopic (exact) mass is 302 g/mol. The molecule has 0 aliphatic heterocycles. The summed E-state index contributed by atoms with van der Waals surface area (Å²) in [5.41, 5.74) is 1.36. The van der Waals surface area contributed by atoms with Crippen LogP contribution in [0.15, 0.2) is 47.6 Å². The lowest BCUT2D eigenvalue weighted by Crippen LogP contribution is -2.28. The fourth-order valence-electron chi connectivity index (χ4n) is 1.80. The second kappa shape index (κ2) is 5.81. The first-order valence-electron chi connectivity index (χ1n) is 6.12. The van der Waals surface area contributed by atoms with Gasteiger partial charge in [-0.05, 0) is 36.4 Å². The van der Waals surface area contributed by atoms with Crippen molar-refractivity contribution >= 4 is 21.4 Å². The molecule has 108 valence electrons. The van der Waals surface area contributed by atoms with Crippen molar-refractivity contribution in [3.05, 3.63) is 48.2 Å². The van der Waals surface area contributed by atoms with Gasteiger partial charge in [-0.15, -0.1) is 0 Å². The summed E-state index contributed by atoms with van der Waals surface area (Å²) in [6.45, 7) is 0. The SMILES string of the molecule is CNc1cccnc1S(=O)(=O)N(C)c1ccc(C#N)cc1. The number of hydrogen-bond acceptors (Lipinski definition) is 5. The zero-order valence-electron chi connectivity index (χ0n) is 11.6. The van der Waals surface area contributed by atoms with Crippen molar-refractivity contribution in [2.75, 3.05) is 23.7 Å². The molecule has 2 rings (SSSR count). The minimum absolute atomic E-state index is 0.0423. The summed E-state index contributed by atoms with van der Waals surface area (Å²) in [5.74, 6) is 0. The van der Waals surface area contributed by atoms with Gasteiger partial charge in [0.25, 0.3) is 10.0 Å². The van der Waals surface area contributed by atoms with E-state index in [2.05, 4.69) is 10.3 Å². The molecular formula is C14H14N4O2S. The van der Waals surface area contributed by atoms with Crippen molar-refractivity contribution in [2.45, 2.75) is 5.03 Å².